The molecule has 2 aromatic carbocycles. The van der Waals surface area contributed by atoms with E-state index in [9.17, 15) is 8.42 Å². The van der Waals surface area contributed by atoms with Gasteiger partial charge in [-0.05, 0) is 48.9 Å². The monoisotopic (exact) mass is 400 g/mol. The highest BCUT2D eigenvalue weighted by Gasteiger charge is 2.39. The molecule has 2 heterocycles. The summed E-state index contributed by atoms with van der Waals surface area (Å²) in [6, 6.07) is 16.9. The Labute approximate surface area is 162 Å². The number of sulfonamides is 1. The topological polar surface area (TPSA) is 62.9 Å². The average molecular weight is 401 g/mol. The molecule has 0 N–H and O–H groups in total. The fourth-order valence-corrected chi connectivity index (χ4v) is 4.58. The molecule has 0 saturated heterocycles. The summed E-state index contributed by atoms with van der Waals surface area (Å²) in [7, 11) is -3.85. The van der Waals surface area contributed by atoms with E-state index in [0.29, 0.717) is 22.9 Å². The highest BCUT2D eigenvalue weighted by Crippen LogP contribution is 2.37. The van der Waals surface area contributed by atoms with Crippen LogP contribution in [0.5, 0.6) is 0 Å². The predicted octanol–water partition coefficient (Wildman–Crippen LogP) is 4.78. The van der Waals surface area contributed by atoms with Gasteiger partial charge in [0.05, 0.1) is 16.9 Å². The predicted molar refractivity (Wildman–Crippen MR) is 104 cm³/mol. The van der Waals surface area contributed by atoms with Crippen LogP contribution in [0.1, 0.15) is 29.3 Å². The molecule has 7 heteroatoms. The maximum atomic E-state index is 13.2. The molecule has 0 radical (unpaired) electrons. The number of aryl methyl sites for hydroxylation is 1. The second-order valence-electron chi connectivity index (χ2n) is 6.38. The molecule has 0 aliphatic carbocycles. The minimum absolute atomic E-state index is 0.136. The van der Waals surface area contributed by atoms with Crippen LogP contribution < -0.4 is 0 Å². The standard InChI is InChI=1S/C20H17ClN2O3S/c1-14-4-6-15(7-5-14)18-13-19(20-3-2-12-26-20)23(22-18)27(24,25)17-10-8-16(21)9-11-17/h2-12,19H,13H2,1H3. The lowest BCUT2D eigenvalue weighted by Gasteiger charge is -2.21. The van der Waals surface area contributed by atoms with Gasteiger partial charge in [-0.3, -0.25) is 0 Å². The Balaban J connectivity index is 1.78. The quantitative estimate of drug-likeness (QED) is 0.633. The lowest BCUT2D eigenvalue weighted by atomic mass is 10.0. The van der Waals surface area contributed by atoms with Gasteiger partial charge >= 0.3 is 0 Å². The maximum Gasteiger partial charge on any atom is 0.279 e. The molecule has 3 aromatic rings. The fraction of sp³-hybridized carbons (Fsp3) is 0.150. The van der Waals surface area contributed by atoms with Gasteiger partial charge in [0.1, 0.15) is 11.8 Å². The Bertz CT molecular complexity index is 1070. The number of hydrogen-bond acceptors (Lipinski definition) is 4. The molecule has 0 spiro atoms. The zero-order valence-electron chi connectivity index (χ0n) is 14.5. The molecule has 1 aliphatic rings. The molecular weight excluding hydrogens is 384 g/mol. The summed E-state index contributed by atoms with van der Waals surface area (Å²) >= 11 is 5.90. The molecular formula is C20H17ClN2O3S. The average Bonchev–Trinajstić information content (AvgIpc) is 3.32. The summed E-state index contributed by atoms with van der Waals surface area (Å²) in [6.45, 7) is 2.00. The molecule has 4 rings (SSSR count). The highest BCUT2D eigenvalue weighted by atomic mass is 35.5. The number of nitrogens with zero attached hydrogens (tertiary/aromatic N) is 2. The van der Waals surface area contributed by atoms with Crippen molar-refractivity contribution in [1.29, 1.82) is 0 Å². The summed E-state index contributed by atoms with van der Waals surface area (Å²) in [6.07, 6.45) is 1.97. The first-order valence-electron chi connectivity index (χ1n) is 8.43. The molecule has 0 fully saturated rings. The van der Waals surface area contributed by atoms with Gasteiger partial charge in [0.2, 0.25) is 0 Å². The second kappa shape index (κ2) is 6.87. The Morgan fingerprint density at radius 1 is 1.07 bits per heavy atom. The lowest BCUT2D eigenvalue weighted by molar-refractivity contribution is 0.320. The van der Waals surface area contributed by atoms with Gasteiger partial charge in [-0.2, -0.15) is 17.9 Å². The van der Waals surface area contributed by atoms with Crippen LogP contribution in [0.15, 0.2) is 81.3 Å². The molecule has 1 aliphatic heterocycles. The van der Waals surface area contributed by atoms with E-state index in [0.717, 1.165) is 15.5 Å². The van der Waals surface area contributed by atoms with E-state index in [1.54, 1.807) is 24.3 Å². The van der Waals surface area contributed by atoms with Gasteiger partial charge in [-0.25, -0.2) is 0 Å². The van der Waals surface area contributed by atoms with Crippen LogP contribution in [0.25, 0.3) is 0 Å². The number of rotatable bonds is 4. The Kier molecular flexibility index (Phi) is 4.53. The number of furan rings is 1. The van der Waals surface area contributed by atoms with E-state index in [2.05, 4.69) is 5.10 Å². The molecule has 5 nitrogen and oxygen atoms in total. The van der Waals surface area contributed by atoms with Gasteiger partial charge in [-0.1, -0.05) is 41.4 Å². The van der Waals surface area contributed by atoms with Crippen molar-refractivity contribution in [3.05, 3.63) is 88.8 Å². The van der Waals surface area contributed by atoms with E-state index in [1.165, 1.54) is 18.4 Å². The van der Waals surface area contributed by atoms with Crippen molar-refractivity contribution in [2.75, 3.05) is 0 Å². The van der Waals surface area contributed by atoms with Crippen molar-refractivity contribution in [3.63, 3.8) is 0 Å². The molecule has 1 unspecified atom stereocenters. The third-order valence-corrected chi connectivity index (χ3v) is 6.44. The Morgan fingerprint density at radius 2 is 1.78 bits per heavy atom. The minimum Gasteiger partial charge on any atom is -0.467 e. The number of benzene rings is 2. The van der Waals surface area contributed by atoms with Gasteiger partial charge in [-0.15, -0.1) is 0 Å². The van der Waals surface area contributed by atoms with Crippen LogP contribution in [-0.2, 0) is 10.0 Å². The van der Waals surface area contributed by atoms with Crippen LogP contribution in [0.3, 0.4) is 0 Å². The molecule has 0 bridgehead atoms. The van der Waals surface area contributed by atoms with E-state index < -0.39 is 16.1 Å². The van der Waals surface area contributed by atoms with Crippen molar-refractivity contribution in [2.45, 2.75) is 24.3 Å². The SMILES string of the molecule is Cc1ccc(C2=NN(S(=O)(=O)c3ccc(Cl)cc3)C(c3ccco3)C2)cc1. The third-order valence-electron chi connectivity index (χ3n) is 4.49. The van der Waals surface area contributed by atoms with Crippen molar-refractivity contribution >= 4 is 27.3 Å². The van der Waals surface area contributed by atoms with Crippen LogP contribution in [0.4, 0.5) is 0 Å². The molecule has 27 heavy (non-hydrogen) atoms. The van der Waals surface area contributed by atoms with Gasteiger partial charge < -0.3 is 4.42 Å². The van der Waals surface area contributed by atoms with Crippen LogP contribution in [0, 0.1) is 6.92 Å². The molecule has 138 valence electrons. The van der Waals surface area contributed by atoms with Crippen molar-refractivity contribution in [3.8, 4) is 0 Å². The lowest BCUT2D eigenvalue weighted by Crippen LogP contribution is -2.27. The second-order valence-corrected chi connectivity index (χ2v) is 8.61. The van der Waals surface area contributed by atoms with E-state index in [-0.39, 0.29) is 4.90 Å². The van der Waals surface area contributed by atoms with Crippen LogP contribution in [-0.4, -0.2) is 18.5 Å². The Morgan fingerprint density at radius 3 is 2.41 bits per heavy atom. The summed E-state index contributed by atoms with van der Waals surface area (Å²) in [5.74, 6) is 0.554. The van der Waals surface area contributed by atoms with E-state index in [4.69, 9.17) is 16.0 Å². The largest absolute Gasteiger partial charge is 0.467 e. The normalized spacial score (nSPS) is 17.2. The first kappa shape index (κ1) is 17.8. The fourth-order valence-electron chi connectivity index (χ4n) is 3.04. The third kappa shape index (κ3) is 3.38. The first-order valence-corrected chi connectivity index (χ1v) is 10.2. The smallest absolute Gasteiger partial charge is 0.279 e. The van der Waals surface area contributed by atoms with Crippen molar-refractivity contribution in [2.24, 2.45) is 5.10 Å². The highest BCUT2D eigenvalue weighted by molar-refractivity contribution is 7.89. The molecule has 1 atom stereocenters. The number of halogens is 1. The van der Waals surface area contributed by atoms with Gasteiger partial charge in [0.15, 0.2) is 0 Å². The van der Waals surface area contributed by atoms with E-state index in [1.807, 2.05) is 31.2 Å². The van der Waals surface area contributed by atoms with Gasteiger partial charge in [0.25, 0.3) is 10.0 Å². The Hall–Kier alpha value is -2.57. The van der Waals surface area contributed by atoms with Crippen molar-refractivity contribution in [1.82, 2.24) is 4.41 Å². The van der Waals surface area contributed by atoms with E-state index >= 15 is 0 Å². The van der Waals surface area contributed by atoms with Crippen molar-refractivity contribution < 1.29 is 12.8 Å². The maximum absolute atomic E-state index is 13.2. The van der Waals surface area contributed by atoms with Gasteiger partial charge in [0, 0.05) is 11.4 Å². The first-order chi connectivity index (χ1) is 12.9. The minimum atomic E-state index is -3.85. The van der Waals surface area contributed by atoms with Crippen LogP contribution >= 0.6 is 11.6 Å². The summed E-state index contributed by atoms with van der Waals surface area (Å²) in [5.41, 5.74) is 2.73. The number of hydrazone groups is 1. The molecule has 0 amide bonds. The molecule has 1 aromatic heterocycles. The zero-order valence-corrected chi connectivity index (χ0v) is 16.1. The summed E-state index contributed by atoms with van der Waals surface area (Å²) < 4.78 is 33.1. The zero-order chi connectivity index (χ0) is 19.0. The molecule has 0 saturated carbocycles. The number of hydrogen-bond donors (Lipinski definition) is 0. The summed E-state index contributed by atoms with van der Waals surface area (Å²) in [4.78, 5) is 0.136. The van der Waals surface area contributed by atoms with Crippen LogP contribution in [0.2, 0.25) is 5.02 Å². The summed E-state index contributed by atoms with van der Waals surface area (Å²) in [5, 5.41) is 4.94.